The zero-order valence-electron chi connectivity index (χ0n) is 19.7. The maximum Gasteiger partial charge on any atom is 0.307 e. The van der Waals surface area contributed by atoms with Gasteiger partial charge in [-0.05, 0) is 67.1 Å². The molecule has 1 aliphatic heterocycles. The van der Waals surface area contributed by atoms with E-state index in [0.717, 1.165) is 27.1 Å². The van der Waals surface area contributed by atoms with Crippen LogP contribution in [0.4, 0.5) is 11.4 Å². The smallest absolute Gasteiger partial charge is 0.307 e. The van der Waals surface area contributed by atoms with Crippen molar-refractivity contribution in [3.8, 4) is 11.5 Å². The van der Waals surface area contributed by atoms with Crippen LogP contribution in [0.15, 0.2) is 70.4 Å². The van der Waals surface area contributed by atoms with Crippen LogP contribution >= 0.6 is 11.3 Å². The molecule has 0 aliphatic carbocycles. The van der Waals surface area contributed by atoms with Crippen molar-refractivity contribution in [2.24, 2.45) is 7.05 Å². The molecule has 1 atom stereocenters. The van der Waals surface area contributed by atoms with E-state index in [1.165, 1.54) is 28.1 Å². The monoisotopic (exact) mass is 525 g/mol. The first-order valence-electron chi connectivity index (χ1n) is 11.0. The first kappa shape index (κ1) is 23.9. The summed E-state index contributed by atoms with van der Waals surface area (Å²) in [6.07, 6.45) is -1.10. The predicted octanol–water partition coefficient (Wildman–Crippen LogP) is 3.51. The molecule has 5 rings (SSSR count). The minimum atomic E-state index is -4.01. The topological polar surface area (TPSA) is 107 Å². The number of thiazole rings is 1. The third-order valence-electron chi connectivity index (χ3n) is 5.98. The van der Waals surface area contributed by atoms with Crippen LogP contribution in [0.2, 0.25) is 0 Å². The number of hydrogen-bond acceptors (Lipinski definition) is 7. The summed E-state index contributed by atoms with van der Waals surface area (Å²) >= 11 is 1.08. The third kappa shape index (κ3) is 4.20. The number of amides is 1. The molecule has 1 aliphatic rings. The Balaban J connectivity index is 1.47. The molecule has 1 unspecified atom stereocenters. The molecule has 0 spiro atoms. The van der Waals surface area contributed by atoms with Crippen LogP contribution in [0.3, 0.4) is 0 Å². The minimum absolute atomic E-state index is 0.0706. The Hall–Kier alpha value is -3.83. The van der Waals surface area contributed by atoms with Gasteiger partial charge in [-0.25, -0.2) is 8.42 Å². The average molecular weight is 526 g/mol. The number of anilines is 2. The van der Waals surface area contributed by atoms with Gasteiger partial charge >= 0.3 is 4.87 Å². The molecule has 9 nitrogen and oxygen atoms in total. The molecule has 0 fully saturated rings. The van der Waals surface area contributed by atoms with Crippen LogP contribution in [0, 0.1) is 6.92 Å². The van der Waals surface area contributed by atoms with Gasteiger partial charge in [-0.3, -0.25) is 13.9 Å². The maximum atomic E-state index is 13.6. The molecule has 1 N–H and O–H groups in total. The molecule has 2 heterocycles. The fourth-order valence-electron chi connectivity index (χ4n) is 4.03. The van der Waals surface area contributed by atoms with Gasteiger partial charge in [0, 0.05) is 12.7 Å². The minimum Gasteiger partial charge on any atom is -0.497 e. The van der Waals surface area contributed by atoms with Crippen LogP contribution < -0.4 is 24.0 Å². The van der Waals surface area contributed by atoms with Crippen molar-refractivity contribution in [1.29, 1.82) is 0 Å². The highest BCUT2D eigenvalue weighted by Gasteiger charge is 2.37. The Morgan fingerprint density at radius 1 is 1.11 bits per heavy atom. The fraction of sp³-hybridized carbons (Fsp3) is 0.200. The van der Waals surface area contributed by atoms with Crippen molar-refractivity contribution < 1.29 is 22.7 Å². The highest BCUT2D eigenvalue weighted by Crippen LogP contribution is 2.38. The molecule has 1 aromatic heterocycles. The standard InChI is InChI=1S/C25H23N3O6S2/c1-15-4-11-21-20(12-15)28(36(31,32)18-8-6-17(33-3)7-9-18)14-22(34-21)24(29)26-16-5-10-19-23(13-16)35-25(30)27(19)2/h4-13,22H,14H2,1-3H3,(H,26,29). The Bertz CT molecular complexity index is 1640. The number of methoxy groups -OCH3 is 1. The van der Waals surface area contributed by atoms with Crippen molar-refractivity contribution in [1.82, 2.24) is 4.57 Å². The summed E-state index contributed by atoms with van der Waals surface area (Å²) in [5, 5.41) is 2.79. The Kier molecular flexibility index (Phi) is 5.97. The van der Waals surface area contributed by atoms with E-state index in [0.29, 0.717) is 22.9 Å². The molecule has 0 saturated carbocycles. The van der Waals surface area contributed by atoms with E-state index in [1.807, 2.05) is 6.92 Å². The first-order chi connectivity index (χ1) is 17.2. The fourth-order valence-corrected chi connectivity index (χ4v) is 6.42. The maximum absolute atomic E-state index is 13.6. The van der Waals surface area contributed by atoms with Crippen molar-refractivity contribution in [3.05, 3.63) is 75.9 Å². The van der Waals surface area contributed by atoms with Gasteiger partial charge in [0.1, 0.15) is 11.5 Å². The second-order valence-electron chi connectivity index (χ2n) is 8.39. The third-order valence-corrected chi connectivity index (χ3v) is 8.77. The molecule has 36 heavy (non-hydrogen) atoms. The van der Waals surface area contributed by atoms with Gasteiger partial charge in [0.25, 0.3) is 15.9 Å². The summed E-state index contributed by atoms with van der Waals surface area (Å²) in [5.41, 5.74) is 2.46. The Morgan fingerprint density at radius 2 is 1.86 bits per heavy atom. The number of carbonyl (C=O) groups excluding carboxylic acids is 1. The second kappa shape index (κ2) is 8.99. The van der Waals surface area contributed by atoms with E-state index in [9.17, 15) is 18.0 Å². The molecule has 186 valence electrons. The average Bonchev–Trinajstić information content (AvgIpc) is 3.15. The van der Waals surface area contributed by atoms with Crippen LogP contribution in [0.25, 0.3) is 10.2 Å². The lowest BCUT2D eigenvalue weighted by Crippen LogP contribution is -2.48. The predicted molar refractivity (Wildman–Crippen MR) is 139 cm³/mol. The van der Waals surface area contributed by atoms with Crippen LogP contribution in [0.1, 0.15) is 5.56 Å². The summed E-state index contributed by atoms with van der Waals surface area (Å²) in [5.74, 6) is 0.324. The summed E-state index contributed by atoms with van der Waals surface area (Å²) < 4.78 is 41.8. The zero-order chi connectivity index (χ0) is 25.6. The van der Waals surface area contributed by atoms with E-state index < -0.39 is 22.0 Å². The number of fused-ring (bicyclic) bond motifs is 2. The number of nitrogens with zero attached hydrogens (tertiary/aromatic N) is 2. The lowest BCUT2D eigenvalue weighted by Gasteiger charge is -2.35. The van der Waals surface area contributed by atoms with Gasteiger partial charge in [-0.15, -0.1) is 0 Å². The molecule has 0 saturated heterocycles. The van der Waals surface area contributed by atoms with E-state index in [-0.39, 0.29) is 16.3 Å². The largest absolute Gasteiger partial charge is 0.497 e. The Morgan fingerprint density at radius 3 is 2.58 bits per heavy atom. The molecule has 0 bridgehead atoms. The number of nitrogens with one attached hydrogen (secondary N) is 1. The normalized spacial score (nSPS) is 15.3. The van der Waals surface area contributed by atoms with E-state index in [2.05, 4.69) is 5.32 Å². The number of benzene rings is 3. The summed E-state index contributed by atoms with van der Waals surface area (Å²) in [6, 6.07) is 16.4. The quantitative estimate of drug-likeness (QED) is 0.427. The first-order valence-corrected chi connectivity index (χ1v) is 13.3. The van der Waals surface area contributed by atoms with E-state index in [1.54, 1.807) is 55.6 Å². The molecule has 1 amide bonds. The second-order valence-corrected chi connectivity index (χ2v) is 11.2. The summed E-state index contributed by atoms with van der Waals surface area (Å²) in [7, 11) is -0.815. The molecule has 4 aromatic rings. The molecule has 0 radical (unpaired) electrons. The van der Waals surface area contributed by atoms with Crippen molar-refractivity contribution >= 4 is 48.9 Å². The highest BCUT2D eigenvalue weighted by atomic mass is 32.2. The molecule has 11 heteroatoms. The van der Waals surface area contributed by atoms with Gasteiger partial charge in [-0.2, -0.15) is 0 Å². The van der Waals surface area contributed by atoms with Gasteiger partial charge in [0.05, 0.1) is 34.5 Å². The summed E-state index contributed by atoms with van der Waals surface area (Å²) in [6.45, 7) is 1.64. The van der Waals surface area contributed by atoms with Gasteiger partial charge < -0.3 is 19.4 Å². The van der Waals surface area contributed by atoms with Crippen molar-refractivity contribution in [2.45, 2.75) is 17.9 Å². The van der Waals surface area contributed by atoms with Crippen LogP contribution in [0.5, 0.6) is 11.5 Å². The lowest BCUT2D eigenvalue weighted by molar-refractivity contribution is -0.122. The molecule has 3 aromatic carbocycles. The van der Waals surface area contributed by atoms with Gasteiger partial charge in [0.2, 0.25) is 0 Å². The van der Waals surface area contributed by atoms with E-state index in [4.69, 9.17) is 9.47 Å². The zero-order valence-corrected chi connectivity index (χ0v) is 21.4. The number of carbonyl (C=O) groups is 1. The summed E-state index contributed by atoms with van der Waals surface area (Å²) in [4.78, 5) is 25.1. The van der Waals surface area contributed by atoms with Crippen LogP contribution in [-0.4, -0.2) is 38.7 Å². The number of aryl methyl sites for hydroxylation is 2. The number of aromatic nitrogens is 1. The van der Waals surface area contributed by atoms with Crippen molar-refractivity contribution in [2.75, 3.05) is 23.3 Å². The molecular formula is C25H23N3O6S2. The number of ether oxygens (including phenoxy) is 2. The van der Waals surface area contributed by atoms with Gasteiger partial charge in [-0.1, -0.05) is 17.4 Å². The number of hydrogen-bond donors (Lipinski definition) is 1. The van der Waals surface area contributed by atoms with Crippen LogP contribution in [-0.2, 0) is 21.9 Å². The molecular weight excluding hydrogens is 502 g/mol. The number of rotatable bonds is 5. The Labute approximate surface area is 211 Å². The SMILES string of the molecule is COc1ccc(S(=O)(=O)N2CC(C(=O)Nc3ccc4c(c3)sc(=O)n4C)Oc3ccc(C)cc32)cc1. The highest BCUT2D eigenvalue weighted by molar-refractivity contribution is 7.92. The lowest BCUT2D eigenvalue weighted by atomic mass is 10.1. The van der Waals surface area contributed by atoms with Crippen molar-refractivity contribution in [3.63, 3.8) is 0 Å². The van der Waals surface area contributed by atoms with Gasteiger partial charge in [0.15, 0.2) is 6.10 Å². The van der Waals surface area contributed by atoms with E-state index >= 15 is 0 Å². The number of sulfonamides is 1.